The molecule has 1 aliphatic heterocycles. The van der Waals surface area contributed by atoms with Gasteiger partial charge in [-0.3, -0.25) is 9.59 Å². The molecule has 1 amide bonds. The Morgan fingerprint density at radius 3 is 2.84 bits per heavy atom. The van der Waals surface area contributed by atoms with Crippen LogP contribution in [0, 0.1) is 5.92 Å². The molecule has 4 nitrogen and oxygen atoms in total. The highest BCUT2D eigenvalue weighted by atomic mass is 16.2. The highest BCUT2D eigenvalue weighted by Gasteiger charge is 2.51. The topological polar surface area (TPSA) is 58.2 Å². The number of nitrogens with one attached hydrogen (secondary N) is 2. The predicted octanol–water partition coefficient (Wildman–Crippen LogP) is 1.81. The maximum atomic E-state index is 11.9. The first-order valence-corrected chi connectivity index (χ1v) is 6.92. The maximum absolute atomic E-state index is 11.9. The average molecular weight is 256 g/mol. The van der Waals surface area contributed by atoms with Crippen LogP contribution in [0.3, 0.4) is 0 Å². The van der Waals surface area contributed by atoms with Crippen molar-refractivity contribution in [1.82, 2.24) is 5.32 Å². The molecule has 2 N–H and O–H groups in total. The summed E-state index contributed by atoms with van der Waals surface area (Å²) < 4.78 is 0. The molecule has 4 rings (SSSR count). The van der Waals surface area contributed by atoms with Gasteiger partial charge in [0.2, 0.25) is 0 Å². The van der Waals surface area contributed by atoms with Crippen molar-refractivity contribution >= 4 is 17.4 Å². The summed E-state index contributed by atoms with van der Waals surface area (Å²) in [7, 11) is 0. The minimum Gasteiger partial charge on any atom is -0.378 e. The van der Waals surface area contributed by atoms with Gasteiger partial charge in [0, 0.05) is 17.2 Å². The van der Waals surface area contributed by atoms with Gasteiger partial charge in [-0.15, -0.1) is 0 Å². The standard InChI is InChI=1S/C15H16N2O2/c18-13(9-1-2-9)8-16-10-3-4-12-11(7-10)14(19)17-15(12)5-6-15/h3-4,7,9,16H,1-2,5-6,8H2,(H,17,19). The summed E-state index contributed by atoms with van der Waals surface area (Å²) >= 11 is 0. The largest absolute Gasteiger partial charge is 0.378 e. The summed E-state index contributed by atoms with van der Waals surface area (Å²) in [4.78, 5) is 23.6. The highest BCUT2D eigenvalue weighted by molar-refractivity contribution is 6.01. The number of Topliss-reactive ketones (excluding diaryl/α,β-unsaturated/α-hetero) is 1. The molecule has 1 aromatic rings. The molecule has 0 radical (unpaired) electrons. The SMILES string of the molecule is O=C1NC2(CC2)c2ccc(NCC(=O)C3CC3)cc21. The molecular formula is C15H16N2O2. The number of fused-ring (bicyclic) bond motifs is 2. The molecule has 3 aliphatic rings. The van der Waals surface area contributed by atoms with E-state index in [1.165, 1.54) is 0 Å². The summed E-state index contributed by atoms with van der Waals surface area (Å²) in [6, 6.07) is 5.86. The second kappa shape index (κ2) is 3.59. The lowest BCUT2D eigenvalue weighted by molar-refractivity contribution is -0.118. The molecule has 0 bridgehead atoms. The molecule has 1 aromatic carbocycles. The van der Waals surface area contributed by atoms with Crippen molar-refractivity contribution in [3.63, 3.8) is 0 Å². The van der Waals surface area contributed by atoms with Gasteiger partial charge in [-0.1, -0.05) is 6.07 Å². The van der Waals surface area contributed by atoms with E-state index >= 15 is 0 Å². The van der Waals surface area contributed by atoms with Crippen LogP contribution in [0.1, 0.15) is 41.6 Å². The summed E-state index contributed by atoms with van der Waals surface area (Å²) in [5.74, 6) is 0.577. The Morgan fingerprint density at radius 2 is 2.16 bits per heavy atom. The van der Waals surface area contributed by atoms with Crippen molar-refractivity contribution in [2.24, 2.45) is 5.92 Å². The van der Waals surface area contributed by atoms with Gasteiger partial charge in [-0.05, 0) is 43.4 Å². The molecule has 4 heteroatoms. The average Bonchev–Trinajstić information content (AvgIpc) is 3.28. The van der Waals surface area contributed by atoms with E-state index in [-0.39, 0.29) is 23.1 Å². The van der Waals surface area contributed by atoms with Gasteiger partial charge >= 0.3 is 0 Å². The van der Waals surface area contributed by atoms with Crippen LogP contribution in [0.4, 0.5) is 5.69 Å². The van der Waals surface area contributed by atoms with Crippen LogP contribution in [-0.2, 0) is 10.3 Å². The first kappa shape index (κ1) is 11.0. The fraction of sp³-hybridized carbons (Fsp3) is 0.467. The monoisotopic (exact) mass is 256 g/mol. The molecule has 0 atom stereocenters. The molecule has 2 aliphatic carbocycles. The van der Waals surface area contributed by atoms with E-state index in [0.717, 1.165) is 42.5 Å². The van der Waals surface area contributed by atoms with Crippen LogP contribution in [0.5, 0.6) is 0 Å². The van der Waals surface area contributed by atoms with Crippen LogP contribution in [-0.4, -0.2) is 18.2 Å². The van der Waals surface area contributed by atoms with Gasteiger partial charge < -0.3 is 10.6 Å². The molecule has 0 unspecified atom stereocenters. The minimum atomic E-state index is -0.0607. The van der Waals surface area contributed by atoms with Crippen molar-refractivity contribution < 1.29 is 9.59 Å². The van der Waals surface area contributed by atoms with E-state index in [9.17, 15) is 9.59 Å². The fourth-order valence-electron chi connectivity index (χ4n) is 2.87. The van der Waals surface area contributed by atoms with E-state index in [1.54, 1.807) is 0 Å². The number of carbonyl (C=O) groups excluding carboxylic acids is 2. The van der Waals surface area contributed by atoms with Crippen LogP contribution in [0.2, 0.25) is 0 Å². The van der Waals surface area contributed by atoms with Gasteiger partial charge in [-0.2, -0.15) is 0 Å². The van der Waals surface area contributed by atoms with Crippen LogP contribution >= 0.6 is 0 Å². The van der Waals surface area contributed by atoms with E-state index in [0.29, 0.717) is 6.54 Å². The quantitative estimate of drug-likeness (QED) is 0.863. The summed E-state index contributed by atoms with van der Waals surface area (Å²) in [5.41, 5.74) is 2.69. The predicted molar refractivity (Wildman–Crippen MR) is 71.0 cm³/mol. The molecular weight excluding hydrogens is 240 g/mol. The molecule has 0 saturated heterocycles. The van der Waals surface area contributed by atoms with Crippen LogP contribution in [0.25, 0.3) is 0 Å². The second-order valence-corrected chi connectivity index (χ2v) is 5.89. The molecule has 1 heterocycles. The minimum absolute atomic E-state index is 0.0182. The maximum Gasteiger partial charge on any atom is 0.252 e. The zero-order valence-corrected chi connectivity index (χ0v) is 10.7. The fourth-order valence-corrected chi connectivity index (χ4v) is 2.87. The number of benzene rings is 1. The van der Waals surface area contributed by atoms with E-state index < -0.39 is 0 Å². The van der Waals surface area contributed by atoms with Crippen molar-refractivity contribution in [2.75, 3.05) is 11.9 Å². The van der Waals surface area contributed by atoms with E-state index in [4.69, 9.17) is 0 Å². The first-order valence-electron chi connectivity index (χ1n) is 6.92. The van der Waals surface area contributed by atoms with Crippen molar-refractivity contribution in [2.45, 2.75) is 31.2 Å². The summed E-state index contributed by atoms with van der Waals surface area (Å²) in [6.07, 6.45) is 4.16. The molecule has 19 heavy (non-hydrogen) atoms. The Labute approximate surface area is 111 Å². The lowest BCUT2D eigenvalue weighted by Gasteiger charge is -2.09. The number of ketones is 1. The Morgan fingerprint density at radius 1 is 1.37 bits per heavy atom. The van der Waals surface area contributed by atoms with Gasteiger partial charge in [-0.25, -0.2) is 0 Å². The summed E-state index contributed by atoms with van der Waals surface area (Å²) in [6.45, 7) is 0.371. The van der Waals surface area contributed by atoms with Gasteiger partial charge in [0.05, 0.1) is 12.1 Å². The zero-order chi connectivity index (χ0) is 13.0. The number of carbonyl (C=O) groups is 2. The Kier molecular flexibility index (Phi) is 2.08. The van der Waals surface area contributed by atoms with E-state index in [1.807, 2.05) is 18.2 Å². The smallest absolute Gasteiger partial charge is 0.252 e. The van der Waals surface area contributed by atoms with Crippen molar-refractivity contribution in [3.05, 3.63) is 29.3 Å². The Balaban J connectivity index is 1.53. The van der Waals surface area contributed by atoms with Crippen LogP contribution in [0.15, 0.2) is 18.2 Å². The molecule has 2 fully saturated rings. The molecule has 0 aromatic heterocycles. The lowest BCUT2D eigenvalue weighted by Crippen LogP contribution is -2.25. The summed E-state index contributed by atoms with van der Waals surface area (Å²) in [5, 5.41) is 6.19. The number of rotatable bonds is 4. The third-order valence-corrected chi connectivity index (χ3v) is 4.38. The number of anilines is 1. The Bertz CT molecular complexity index is 586. The third kappa shape index (κ3) is 1.74. The number of amides is 1. The zero-order valence-electron chi connectivity index (χ0n) is 10.7. The number of hydrogen-bond acceptors (Lipinski definition) is 3. The molecule has 2 saturated carbocycles. The van der Waals surface area contributed by atoms with Gasteiger partial charge in [0.1, 0.15) is 0 Å². The van der Waals surface area contributed by atoms with Gasteiger partial charge in [0.25, 0.3) is 5.91 Å². The molecule has 98 valence electrons. The number of hydrogen-bond donors (Lipinski definition) is 2. The third-order valence-electron chi connectivity index (χ3n) is 4.38. The van der Waals surface area contributed by atoms with Crippen molar-refractivity contribution in [3.8, 4) is 0 Å². The second-order valence-electron chi connectivity index (χ2n) is 5.89. The first-order chi connectivity index (χ1) is 9.18. The molecule has 1 spiro atoms. The normalized spacial score (nSPS) is 22.0. The lowest BCUT2D eigenvalue weighted by atomic mass is 10.0. The van der Waals surface area contributed by atoms with E-state index in [2.05, 4.69) is 10.6 Å². The van der Waals surface area contributed by atoms with Crippen LogP contribution < -0.4 is 10.6 Å². The Hall–Kier alpha value is -1.84. The van der Waals surface area contributed by atoms with Gasteiger partial charge in [0.15, 0.2) is 5.78 Å². The van der Waals surface area contributed by atoms with Crippen molar-refractivity contribution in [1.29, 1.82) is 0 Å². The highest BCUT2D eigenvalue weighted by Crippen LogP contribution is 2.50.